The SMILES string of the molecule is CCN(CC)CCCc1cccc2c1[nH]c1c3ccc4ccn(C)c4c3c3c(c21)C(=O)NC3=O. The summed E-state index contributed by atoms with van der Waals surface area (Å²) >= 11 is 0. The summed E-state index contributed by atoms with van der Waals surface area (Å²) in [6.07, 6.45) is 4.01. The standard InChI is InChI=1S/C28H28N4O2/c1-4-32(5-2)14-7-9-16-8-6-10-18-20-22-23(28(34)30-27(22)33)21-19(25(20)29-24(16)18)12-11-17-13-15-31(3)26(17)21/h6,8,10-13,15,29H,4-5,7,9,14H2,1-3H3,(H,30,33,34). The van der Waals surface area contributed by atoms with E-state index in [4.69, 9.17) is 0 Å². The molecule has 0 spiro atoms. The zero-order valence-electron chi connectivity index (χ0n) is 19.8. The van der Waals surface area contributed by atoms with E-state index in [1.165, 1.54) is 5.56 Å². The van der Waals surface area contributed by atoms with E-state index >= 15 is 0 Å². The van der Waals surface area contributed by atoms with Crippen molar-refractivity contribution in [3.05, 3.63) is 59.3 Å². The number of benzene rings is 3. The van der Waals surface area contributed by atoms with Crippen molar-refractivity contribution >= 4 is 55.3 Å². The number of aryl methyl sites for hydroxylation is 2. The Morgan fingerprint density at radius 2 is 1.62 bits per heavy atom. The maximum absolute atomic E-state index is 13.1. The highest BCUT2D eigenvalue weighted by atomic mass is 16.2. The van der Waals surface area contributed by atoms with Crippen LogP contribution >= 0.6 is 0 Å². The fourth-order valence-corrected chi connectivity index (χ4v) is 5.76. The Morgan fingerprint density at radius 1 is 0.882 bits per heavy atom. The van der Waals surface area contributed by atoms with Crippen LogP contribution in [-0.2, 0) is 13.5 Å². The van der Waals surface area contributed by atoms with E-state index in [1.807, 2.05) is 23.9 Å². The normalized spacial score (nSPS) is 13.8. The lowest BCUT2D eigenvalue weighted by Crippen LogP contribution is -2.24. The van der Waals surface area contributed by atoms with Crippen molar-refractivity contribution in [1.82, 2.24) is 19.8 Å². The number of hydrogen-bond acceptors (Lipinski definition) is 3. The number of fused-ring (bicyclic) bond motifs is 10. The van der Waals surface area contributed by atoms with Crippen LogP contribution in [0.1, 0.15) is 46.5 Å². The van der Waals surface area contributed by atoms with E-state index in [9.17, 15) is 9.59 Å². The molecule has 2 aromatic heterocycles. The number of nitrogens with one attached hydrogen (secondary N) is 2. The maximum Gasteiger partial charge on any atom is 0.259 e. The van der Waals surface area contributed by atoms with Crippen molar-refractivity contribution in [2.24, 2.45) is 7.05 Å². The van der Waals surface area contributed by atoms with Gasteiger partial charge in [-0.3, -0.25) is 14.9 Å². The monoisotopic (exact) mass is 452 g/mol. The van der Waals surface area contributed by atoms with Gasteiger partial charge in [0.1, 0.15) is 0 Å². The Balaban J connectivity index is 1.65. The molecule has 2 amide bonds. The minimum atomic E-state index is -0.315. The van der Waals surface area contributed by atoms with Crippen LogP contribution in [-0.4, -0.2) is 45.9 Å². The smallest absolute Gasteiger partial charge is 0.259 e. The van der Waals surface area contributed by atoms with Gasteiger partial charge in [0.25, 0.3) is 11.8 Å². The highest BCUT2D eigenvalue weighted by Gasteiger charge is 2.34. The number of para-hydroxylation sites is 1. The van der Waals surface area contributed by atoms with Crippen molar-refractivity contribution in [2.45, 2.75) is 26.7 Å². The van der Waals surface area contributed by atoms with Crippen molar-refractivity contribution in [3.63, 3.8) is 0 Å². The number of nitrogens with zero attached hydrogens (tertiary/aromatic N) is 2. The minimum absolute atomic E-state index is 0.314. The van der Waals surface area contributed by atoms with E-state index in [0.29, 0.717) is 11.1 Å². The van der Waals surface area contributed by atoms with E-state index in [1.54, 1.807) is 0 Å². The molecule has 3 aromatic carbocycles. The number of aromatic amines is 1. The average molecular weight is 453 g/mol. The Hall–Kier alpha value is -3.64. The number of hydrogen-bond donors (Lipinski definition) is 2. The number of amides is 2. The first-order valence-electron chi connectivity index (χ1n) is 12.1. The van der Waals surface area contributed by atoms with Gasteiger partial charge in [-0.1, -0.05) is 44.2 Å². The van der Waals surface area contributed by atoms with E-state index in [0.717, 1.165) is 76.0 Å². The predicted molar refractivity (Wildman–Crippen MR) is 138 cm³/mol. The quantitative estimate of drug-likeness (QED) is 0.351. The molecular weight excluding hydrogens is 424 g/mol. The summed E-state index contributed by atoms with van der Waals surface area (Å²) < 4.78 is 2.03. The highest BCUT2D eigenvalue weighted by molar-refractivity contribution is 6.39. The van der Waals surface area contributed by atoms with Gasteiger partial charge in [-0.05, 0) is 44.1 Å². The number of carbonyl (C=O) groups is 2. The molecule has 6 heteroatoms. The molecule has 0 saturated heterocycles. The molecule has 6 rings (SSSR count). The fourth-order valence-electron chi connectivity index (χ4n) is 5.76. The summed E-state index contributed by atoms with van der Waals surface area (Å²) in [6, 6.07) is 12.5. The van der Waals surface area contributed by atoms with E-state index in [2.05, 4.69) is 59.4 Å². The van der Waals surface area contributed by atoms with Crippen molar-refractivity contribution in [1.29, 1.82) is 0 Å². The van der Waals surface area contributed by atoms with Crippen molar-refractivity contribution in [2.75, 3.05) is 19.6 Å². The molecule has 0 saturated carbocycles. The first kappa shape index (κ1) is 20.9. The molecular formula is C28H28N4O2. The third-order valence-corrected chi connectivity index (χ3v) is 7.48. The lowest BCUT2D eigenvalue weighted by atomic mass is 9.93. The van der Waals surface area contributed by atoms with Crippen molar-refractivity contribution in [3.8, 4) is 0 Å². The molecule has 5 aromatic rings. The van der Waals surface area contributed by atoms with Crippen LogP contribution in [0.3, 0.4) is 0 Å². The van der Waals surface area contributed by atoms with Crippen LogP contribution in [0.15, 0.2) is 42.6 Å². The van der Waals surface area contributed by atoms with Crippen LogP contribution in [0.4, 0.5) is 0 Å². The summed E-state index contributed by atoms with van der Waals surface area (Å²) in [7, 11) is 1.98. The topological polar surface area (TPSA) is 70.1 Å². The summed E-state index contributed by atoms with van der Waals surface area (Å²) in [5.74, 6) is -0.628. The average Bonchev–Trinajstić information content (AvgIpc) is 3.50. The molecule has 0 radical (unpaired) electrons. The molecule has 172 valence electrons. The van der Waals surface area contributed by atoms with Gasteiger partial charge < -0.3 is 14.5 Å². The summed E-state index contributed by atoms with van der Waals surface area (Å²) in [6.45, 7) is 7.57. The van der Waals surface area contributed by atoms with Gasteiger partial charge in [0.15, 0.2) is 0 Å². The highest BCUT2D eigenvalue weighted by Crippen LogP contribution is 2.42. The van der Waals surface area contributed by atoms with Crippen LogP contribution in [0.25, 0.3) is 43.5 Å². The largest absolute Gasteiger partial charge is 0.354 e. The number of carbonyl (C=O) groups excluding carboxylic acids is 2. The number of H-pyrrole nitrogens is 1. The molecule has 0 bridgehead atoms. The number of imide groups is 1. The second kappa shape index (κ2) is 7.71. The van der Waals surface area contributed by atoms with Gasteiger partial charge in [0.2, 0.25) is 0 Å². The maximum atomic E-state index is 13.1. The first-order valence-corrected chi connectivity index (χ1v) is 12.1. The first-order chi connectivity index (χ1) is 16.5. The summed E-state index contributed by atoms with van der Waals surface area (Å²) in [5, 5.41) is 7.28. The molecule has 0 fully saturated rings. The Morgan fingerprint density at radius 3 is 2.38 bits per heavy atom. The van der Waals surface area contributed by atoms with Crippen LogP contribution in [0, 0.1) is 0 Å². The molecule has 1 aliphatic rings. The Labute approximate surface area is 197 Å². The molecule has 6 nitrogen and oxygen atoms in total. The molecule has 0 aliphatic carbocycles. The van der Waals surface area contributed by atoms with Gasteiger partial charge in [0, 0.05) is 45.7 Å². The summed E-state index contributed by atoms with van der Waals surface area (Å²) in [5.41, 5.74) is 5.19. The zero-order chi connectivity index (χ0) is 23.6. The molecule has 34 heavy (non-hydrogen) atoms. The lowest BCUT2D eigenvalue weighted by molar-refractivity contribution is 0.0880. The van der Waals surface area contributed by atoms with Gasteiger partial charge in [0.05, 0.1) is 22.2 Å². The molecule has 1 aliphatic heterocycles. The molecule has 2 N–H and O–H groups in total. The van der Waals surface area contributed by atoms with Gasteiger partial charge >= 0.3 is 0 Å². The molecule has 0 unspecified atom stereocenters. The van der Waals surface area contributed by atoms with Crippen LogP contribution in [0.5, 0.6) is 0 Å². The third-order valence-electron chi connectivity index (χ3n) is 7.48. The van der Waals surface area contributed by atoms with Gasteiger partial charge in [-0.2, -0.15) is 0 Å². The predicted octanol–water partition coefficient (Wildman–Crippen LogP) is 5.12. The minimum Gasteiger partial charge on any atom is -0.354 e. The fraction of sp³-hybridized carbons (Fsp3) is 0.286. The van der Waals surface area contributed by atoms with Gasteiger partial charge in [-0.25, -0.2) is 0 Å². The zero-order valence-corrected chi connectivity index (χ0v) is 19.8. The second-order valence-corrected chi connectivity index (χ2v) is 9.23. The van der Waals surface area contributed by atoms with Gasteiger partial charge in [-0.15, -0.1) is 0 Å². The van der Waals surface area contributed by atoms with Crippen molar-refractivity contribution < 1.29 is 9.59 Å². The molecule has 3 heterocycles. The summed E-state index contributed by atoms with van der Waals surface area (Å²) in [4.78, 5) is 32.2. The Kier molecular flexibility index (Phi) is 4.74. The number of aromatic nitrogens is 2. The third kappa shape index (κ3) is 2.85. The Bertz CT molecular complexity index is 1640. The van der Waals surface area contributed by atoms with E-state index < -0.39 is 0 Å². The van der Waals surface area contributed by atoms with Crippen LogP contribution < -0.4 is 5.32 Å². The number of rotatable bonds is 6. The second-order valence-electron chi connectivity index (χ2n) is 9.23. The lowest BCUT2D eigenvalue weighted by Gasteiger charge is -2.17. The van der Waals surface area contributed by atoms with E-state index in [-0.39, 0.29) is 11.8 Å². The van der Waals surface area contributed by atoms with Crippen LogP contribution in [0.2, 0.25) is 0 Å². The molecule has 0 atom stereocenters.